The first-order chi connectivity index (χ1) is 11.7. The maximum absolute atomic E-state index is 12.4. The zero-order valence-corrected chi connectivity index (χ0v) is 13.2. The molecule has 7 nitrogen and oxygen atoms in total. The Morgan fingerprint density at radius 3 is 3.17 bits per heavy atom. The molecule has 3 aromatic rings. The first kappa shape index (κ1) is 14.6. The highest BCUT2D eigenvalue weighted by atomic mass is 32.1. The second-order valence-electron chi connectivity index (χ2n) is 5.15. The molecule has 8 heteroatoms. The lowest BCUT2D eigenvalue weighted by Crippen LogP contribution is -2.29. The predicted molar refractivity (Wildman–Crippen MR) is 89.2 cm³/mol. The number of benzene rings is 1. The lowest BCUT2D eigenvalue weighted by molar-refractivity contribution is -0.118. The first-order valence-corrected chi connectivity index (χ1v) is 8.05. The largest absolute Gasteiger partial charge is 0.481 e. The number of aromatic nitrogens is 2. The maximum atomic E-state index is 12.4. The molecular weight excluding hydrogens is 328 g/mol. The van der Waals surface area contributed by atoms with Gasteiger partial charge in [-0.1, -0.05) is 6.07 Å². The third kappa shape index (κ3) is 2.67. The van der Waals surface area contributed by atoms with Crippen LogP contribution in [0.4, 0.5) is 5.69 Å². The molecule has 0 fully saturated rings. The molecule has 0 atom stereocenters. The Balaban J connectivity index is 1.52. The van der Waals surface area contributed by atoms with E-state index in [-0.39, 0.29) is 18.4 Å². The van der Waals surface area contributed by atoms with Crippen LogP contribution < -0.4 is 15.4 Å². The van der Waals surface area contributed by atoms with Crippen molar-refractivity contribution in [2.24, 2.45) is 0 Å². The fourth-order valence-electron chi connectivity index (χ4n) is 2.45. The van der Waals surface area contributed by atoms with Gasteiger partial charge in [-0.3, -0.25) is 14.6 Å². The number of amides is 2. The van der Waals surface area contributed by atoms with E-state index in [1.165, 1.54) is 11.3 Å². The van der Waals surface area contributed by atoms with Gasteiger partial charge < -0.3 is 15.4 Å². The summed E-state index contributed by atoms with van der Waals surface area (Å²) in [6.07, 6.45) is 3.41. The van der Waals surface area contributed by atoms with Gasteiger partial charge in [-0.2, -0.15) is 0 Å². The number of fused-ring (bicyclic) bond motifs is 2. The molecule has 3 heterocycles. The van der Waals surface area contributed by atoms with Crippen LogP contribution in [0.3, 0.4) is 0 Å². The maximum Gasteiger partial charge on any atom is 0.262 e. The highest BCUT2D eigenvalue weighted by Gasteiger charge is 2.22. The Morgan fingerprint density at radius 2 is 2.29 bits per heavy atom. The fourth-order valence-corrected chi connectivity index (χ4v) is 3.32. The van der Waals surface area contributed by atoms with Gasteiger partial charge in [-0.05, 0) is 18.2 Å². The molecular formula is C16H12N4O3S. The summed E-state index contributed by atoms with van der Waals surface area (Å²) in [7, 11) is 0. The highest BCUT2D eigenvalue weighted by molar-refractivity contribution is 7.18. The quantitative estimate of drug-likeness (QED) is 0.760. The van der Waals surface area contributed by atoms with Crippen molar-refractivity contribution in [1.82, 2.24) is 15.3 Å². The number of hydrogen-bond donors (Lipinski definition) is 2. The molecule has 1 aliphatic heterocycles. The van der Waals surface area contributed by atoms with Gasteiger partial charge >= 0.3 is 0 Å². The van der Waals surface area contributed by atoms with Crippen molar-refractivity contribution < 1.29 is 14.3 Å². The smallest absolute Gasteiger partial charge is 0.262 e. The van der Waals surface area contributed by atoms with Gasteiger partial charge in [0, 0.05) is 6.20 Å². The van der Waals surface area contributed by atoms with Crippen LogP contribution in [0, 0.1) is 0 Å². The third-order valence-corrected chi connectivity index (χ3v) is 4.55. The van der Waals surface area contributed by atoms with Crippen LogP contribution in [-0.4, -0.2) is 28.4 Å². The third-order valence-electron chi connectivity index (χ3n) is 3.52. The van der Waals surface area contributed by atoms with Crippen LogP contribution in [0.1, 0.15) is 15.4 Å². The molecule has 1 aromatic carbocycles. The van der Waals surface area contributed by atoms with E-state index in [9.17, 15) is 9.59 Å². The molecule has 0 saturated carbocycles. The predicted octanol–water partition coefficient (Wildman–Crippen LogP) is 1.95. The summed E-state index contributed by atoms with van der Waals surface area (Å²) in [6.45, 7) is 0.219. The van der Waals surface area contributed by atoms with E-state index in [1.54, 1.807) is 30.6 Å². The number of nitrogens with one attached hydrogen (secondary N) is 2. The number of ether oxygens (including phenoxy) is 1. The Kier molecular flexibility index (Phi) is 3.58. The molecule has 1 aliphatic rings. The summed E-state index contributed by atoms with van der Waals surface area (Å²) in [6, 6.07) is 6.95. The van der Waals surface area contributed by atoms with E-state index in [1.807, 2.05) is 6.07 Å². The zero-order valence-electron chi connectivity index (χ0n) is 12.4. The molecule has 0 saturated heterocycles. The Labute approximate surface area is 140 Å². The minimum atomic E-state index is -0.277. The van der Waals surface area contributed by atoms with Crippen molar-refractivity contribution in [1.29, 1.82) is 0 Å². The van der Waals surface area contributed by atoms with Crippen molar-refractivity contribution in [3.63, 3.8) is 0 Å². The number of hydrogen-bond acceptors (Lipinski definition) is 6. The van der Waals surface area contributed by atoms with Gasteiger partial charge in [-0.25, -0.2) is 4.98 Å². The van der Waals surface area contributed by atoms with Crippen LogP contribution >= 0.6 is 11.3 Å². The molecule has 0 aliphatic carbocycles. The Bertz CT molecular complexity index is 920. The zero-order chi connectivity index (χ0) is 16.5. The molecule has 0 radical (unpaired) electrons. The number of anilines is 1. The number of rotatable bonds is 3. The number of para-hydroxylation sites is 1. The van der Waals surface area contributed by atoms with Crippen LogP contribution in [-0.2, 0) is 11.3 Å². The second-order valence-corrected chi connectivity index (χ2v) is 6.27. The average Bonchev–Trinajstić information content (AvgIpc) is 3.01. The van der Waals surface area contributed by atoms with E-state index in [0.717, 1.165) is 15.2 Å². The van der Waals surface area contributed by atoms with Crippen molar-refractivity contribution in [3.05, 3.63) is 47.2 Å². The molecule has 24 heavy (non-hydrogen) atoms. The Morgan fingerprint density at radius 1 is 1.38 bits per heavy atom. The number of nitrogens with zero attached hydrogens (tertiary/aromatic N) is 2. The van der Waals surface area contributed by atoms with Crippen molar-refractivity contribution >= 4 is 39.1 Å². The summed E-state index contributed by atoms with van der Waals surface area (Å²) in [5.74, 6) is -0.119. The van der Waals surface area contributed by atoms with E-state index in [2.05, 4.69) is 20.6 Å². The standard InChI is InChI=1S/C16H12N4O3S/c21-13-8-23-15-9(2-1-3-10(15)19-13)16(22)18-7-14-20-11-6-17-5-4-12(11)24-14/h1-6H,7-8H2,(H,18,22)(H,19,21). The van der Waals surface area contributed by atoms with Crippen molar-refractivity contribution in [2.45, 2.75) is 6.54 Å². The minimum Gasteiger partial charge on any atom is -0.481 e. The average molecular weight is 340 g/mol. The van der Waals surface area contributed by atoms with E-state index in [0.29, 0.717) is 23.5 Å². The lowest BCUT2D eigenvalue weighted by atomic mass is 10.1. The number of thiazole rings is 1. The second kappa shape index (κ2) is 5.89. The van der Waals surface area contributed by atoms with Gasteiger partial charge in [0.15, 0.2) is 12.4 Å². The summed E-state index contributed by atoms with van der Waals surface area (Å²) in [4.78, 5) is 32.3. The van der Waals surface area contributed by atoms with E-state index < -0.39 is 0 Å². The van der Waals surface area contributed by atoms with Gasteiger partial charge in [0.25, 0.3) is 11.8 Å². The van der Waals surface area contributed by atoms with Gasteiger partial charge in [0.05, 0.1) is 34.2 Å². The fraction of sp³-hybridized carbons (Fsp3) is 0.125. The minimum absolute atomic E-state index is 0.0951. The van der Waals surface area contributed by atoms with E-state index >= 15 is 0 Å². The van der Waals surface area contributed by atoms with Crippen molar-refractivity contribution in [2.75, 3.05) is 11.9 Å². The summed E-state index contributed by atoms with van der Waals surface area (Å²) < 4.78 is 6.42. The molecule has 0 unspecified atom stereocenters. The van der Waals surface area contributed by atoms with Gasteiger partial charge in [0.1, 0.15) is 5.01 Å². The normalized spacial score (nSPS) is 13.1. The first-order valence-electron chi connectivity index (χ1n) is 7.24. The molecule has 0 bridgehead atoms. The molecule has 2 N–H and O–H groups in total. The summed E-state index contributed by atoms with van der Waals surface area (Å²) in [5.41, 5.74) is 1.70. The number of carbonyl (C=O) groups excluding carboxylic acids is 2. The monoisotopic (exact) mass is 340 g/mol. The summed E-state index contributed by atoms with van der Waals surface area (Å²) in [5, 5.41) is 6.32. The van der Waals surface area contributed by atoms with Crippen LogP contribution in [0.15, 0.2) is 36.7 Å². The highest BCUT2D eigenvalue weighted by Crippen LogP contribution is 2.31. The van der Waals surface area contributed by atoms with E-state index in [4.69, 9.17) is 4.74 Å². The topological polar surface area (TPSA) is 93.2 Å². The molecule has 120 valence electrons. The van der Waals surface area contributed by atoms with Crippen molar-refractivity contribution in [3.8, 4) is 5.75 Å². The van der Waals surface area contributed by atoms with Gasteiger partial charge in [0.2, 0.25) is 0 Å². The number of pyridine rings is 1. The van der Waals surface area contributed by atoms with Gasteiger partial charge in [-0.15, -0.1) is 11.3 Å². The van der Waals surface area contributed by atoms with Crippen LogP contribution in [0.2, 0.25) is 0 Å². The molecule has 0 spiro atoms. The lowest BCUT2D eigenvalue weighted by Gasteiger charge is -2.20. The summed E-state index contributed by atoms with van der Waals surface area (Å²) >= 11 is 1.51. The molecule has 2 amide bonds. The number of carbonyl (C=O) groups is 2. The molecule has 2 aromatic heterocycles. The Hall–Kier alpha value is -3.00. The SMILES string of the molecule is O=C1COc2c(cccc2C(=O)NCc2nc3cnccc3s2)N1. The van der Waals surface area contributed by atoms with Crippen LogP contribution in [0.5, 0.6) is 5.75 Å². The molecule has 4 rings (SSSR count). The van der Waals surface area contributed by atoms with Crippen LogP contribution in [0.25, 0.3) is 10.2 Å².